The molecule has 2 N–H and O–H groups in total. The second-order valence-corrected chi connectivity index (χ2v) is 7.08. The maximum absolute atomic E-state index is 12.7. The number of benzene rings is 1. The zero-order valence-electron chi connectivity index (χ0n) is 13.9. The highest BCUT2D eigenvalue weighted by Crippen LogP contribution is 2.39. The summed E-state index contributed by atoms with van der Waals surface area (Å²) in [5.41, 5.74) is 1.53. The fraction of sp³-hybridized carbons (Fsp3) is 0.474. The number of H-pyrrole nitrogens is 1. The second kappa shape index (κ2) is 5.96. The van der Waals surface area contributed by atoms with Crippen LogP contribution in [0, 0.1) is 5.92 Å². The molecule has 5 nitrogen and oxygen atoms in total. The lowest BCUT2D eigenvalue weighted by molar-refractivity contribution is 0.166. The summed E-state index contributed by atoms with van der Waals surface area (Å²) in [7, 11) is 0. The summed E-state index contributed by atoms with van der Waals surface area (Å²) in [6.45, 7) is 2.54. The predicted molar refractivity (Wildman–Crippen MR) is 93.9 cm³/mol. The maximum Gasteiger partial charge on any atom is 0.318 e. The summed E-state index contributed by atoms with van der Waals surface area (Å²) in [6, 6.07) is 9.98. The number of nitrogens with one attached hydrogen (secondary N) is 2. The van der Waals surface area contributed by atoms with Crippen molar-refractivity contribution < 1.29 is 4.79 Å². The molecule has 2 amide bonds. The van der Waals surface area contributed by atoms with Gasteiger partial charge in [-0.05, 0) is 50.2 Å². The third kappa shape index (κ3) is 3.03. The first-order valence-corrected chi connectivity index (χ1v) is 8.80. The molecule has 0 spiro atoms. The third-order valence-corrected chi connectivity index (χ3v) is 5.18. The standard InChI is InChI=1S/C19H23N3O2/c1-12(13-6-7-13)22(15-8-9-15)19(24)20-11-14-10-18(23)21-17-5-3-2-4-16(14)17/h2-5,10,12-13,15H,6-9,11H2,1H3,(H,20,24)(H,21,23). The van der Waals surface area contributed by atoms with Crippen LogP contribution in [0.5, 0.6) is 0 Å². The van der Waals surface area contributed by atoms with Gasteiger partial charge in [-0.3, -0.25) is 4.79 Å². The molecule has 0 saturated heterocycles. The Morgan fingerprint density at radius 3 is 2.75 bits per heavy atom. The smallest absolute Gasteiger partial charge is 0.318 e. The fourth-order valence-electron chi connectivity index (χ4n) is 3.53. The number of para-hydroxylation sites is 1. The highest BCUT2D eigenvalue weighted by molar-refractivity contribution is 5.82. The minimum atomic E-state index is -0.136. The van der Waals surface area contributed by atoms with Crippen LogP contribution >= 0.6 is 0 Å². The summed E-state index contributed by atoms with van der Waals surface area (Å²) in [4.78, 5) is 29.4. The van der Waals surface area contributed by atoms with Crippen LogP contribution in [0.3, 0.4) is 0 Å². The first-order valence-electron chi connectivity index (χ1n) is 8.80. The van der Waals surface area contributed by atoms with Crippen molar-refractivity contribution in [2.24, 2.45) is 5.92 Å². The largest absolute Gasteiger partial charge is 0.334 e. The molecule has 2 aromatic rings. The van der Waals surface area contributed by atoms with Gasteiger partial charge in [-0.15, -0.1) is 0 Å². The van der Waals surface area contributed by atoms with Crippen LogP contribution in [0.2, 0.25) is 0 Å². The van der Waals surface area contributed by atoms with Crippen LogP contribution in [0.15, 0.2) is 35.1 Å². The van der Waals surface area contributed by atoms with E-state index in [2.05, 4.69) is 17.2 Å². The van der Waals surface area contributed by atoms with E-state index in [0.29, 0.717) is 24.5 Å². The van der Waals surface area contributed by atoms with Gasteiger partial charge >= 0.3 is 6.03 Å². The van der Waals surface area contributed by atoms with E-state index >= 15 is 0 Å². The van der Waals surface area contributed by atoms with Crippen molar-refractivity contribution in [1.82, 2.24) is 15.2 Å². The SMILES string of the molecule is CC(C1CC1)N(C(=O)NCc1cc(=O)[nH]c2ccccc12)C1CC1. The van der Waals surface area contributed by atoms with E-state index in [1.165, 1.54) is 12.8 Å². The Kier molecular flexibility index (Phi) is 3.79. The van der Waals surface area contributed by atoms with Crippen LogP contribution in [0.4, 0.5) is 4.79 Å². The van der Waals surface area contributed by atoms with Gasteiger partial charge in [0.15, 0.2) is 0 Å². The number of fused-ring (bicyclic) bond motifs is 1. The van der Waals surface area contributed by atoms with Crippen molar-refractivity contribution in [2.45, 2.75) is 51.2 Å². The second-order valence-electron chi connectivity index (χ2n) is 7.08. The molecule has 1 atom stereocenters. The fourth-order valence-corrected chi connectivity index (χ4v) is 3.53. The van der Waals surface area contributed by atoms with Crippen molar-refractivity contribution in [3.63, 3.8) is 0 Å². The maximum atomic E-state index is 12.7. The topological polar surface area (TPSA) is 65.2 Å². The van der Waals surface area contributed by atoms with Crippen molar-refractivity contribution in [1.29, 1.82) is 0 Å². The molecule has 2 saturated carbocycles. The molecule has 126 valence electrons. The van der Waals surface area contributed by atoms with E-state index in [9.17, 15) is 9.59 Å². The molecule has 2 aliphatic carbocycles. The monoisotopic (exact) mass is 325 g/mol. The van der Waals surface area contributed by atoms with Crippen molar-refractivity contribution >= 4 is 16.9 Å². The summed E-state index contributed by atoms with van der Waals surface area (Å²) >= 11 is 0. The minimum absolute atomic E-state index is 0.00117. The molecule has 1 heterocycles. The van der Waals surface area contributed by atoms with Crippen molar-refractivity contribution in [2.75, 3.05) is 0 Å². The Morgan fingerprint density at radius 1 is 1.29 bits per heavy atom. The van der Waals surface area contributed by atoms with Gasteiger partial charge in [-0.1, -0.05) is 18.2 Å². The molecular weight excluding hydrogens is 302 g/mol. The number of urea groups is 1. The Balaban J connectivity index is 1.51. The number of carbonyl (C=O) groups excluding carboxylic acids is 1. The highest BCUT2D eigenvalue weighted by Gasteiger charge is 2.41. The third-order valence-electron chi connectivity index (χ3n) is 5.18. The van der Waals surface area contributed by atoms with Gasteiger partial charge in [0.25, 0.3) is 0 Å². The van der Waals surface area contributed by atoms with Gasteiger partial charge in [0.2, 0.25) is 5.56 Å². The quantitative estimate of drug-likeness (QED) is 0.887. The van der Waals surface area contributed by atoms with Crippen molar-refractivity contribution in [3.8, 4) is 0 Å². The van der Waals surface area contributed by atoms with E-state index in [-0.39, 0.29) is 11.6 Å². The molecule has 1 unspecified atom stereocenters. The average molecular weight is 325 g/mol. The van der Waals surface area contributed by atoms with E-state index in [4.69, 9.17) is 0 Å². The number of rotatable bonds is 5. The molecule has 0 radical (unpaired) electrons. The highest BCUT2D eigenvalue weighted by atomic mass is 16.2. The van der Waals surface area contributed by atoms with Crippen LogP contribution < -0.4 is 10.9 Å². The Hall–Kier alpha value is -2.30. The number of hydrogen-bond donors (Lipinski definition) is 2. The molecule has 1 aromatic heterocycles. The van der Waals surface area contributed by atoms with Crippen LogP contribution in [0.1, 0.15) is 38.2 Å². The Labute approximate surface area is 141 Å². The molecule has 4 rings (SSSR count). The first kappa shape index (κ1) is 15.2. The van der Waals surface area contributed by atoms with Crippen LogP contribution in [-0.4, -0.2) is 28.0 Å². The van der Waals surface area contributed by atoms with Gasteiger partial charge in [0, 0.05) is 35.6 Å². The predicted octanol–water partition coefficient (Wildman–Crippen LogP) is 3.00. The van der Waals surface area contributed by atoms with Gasteiger partial charge in [-0.2, -0.15) is 0 Å². The summed E-state index contributed by atoms with van der Waals surface area (Å²) in [5.74, 6) is 0.664. The molecule has 0 aliphatic heterocycles. The van der Waals surface area contributed by atoms with Gasteiger partial charge in [0.05, 0.1) is 0 Å². The number of nitrogens with zero attached hydrogens (tertiary/aromatic N) is 1. The van der Waals surface area contributed by atoms with Gasteiger partial charge in [0.1, 0.15) is 0 Å². The van der Waals surface area contributed by atoms with Crippen LogP contribution in [0.25, 0.3) is 10.9 Å². The van der Waals surface area contributed by atoms with E-state index in [1.807, 2.05) is 29.2 Å². The Morgan fingerprint density at radius 2 is 2.04 bits per heavy atom. The molecule has 0 bridgehead atoms. The van der Waals surface area contributed by atoms with E-state index in [0.717, 1.165) is 29.3 Å². The minimum Gasteiger partial charge on any atom is -0.334 e. The zero-order valence-corrected chi connectivity index (χ0v) is 13.9. The van der Waals surface area contributed by atoms with Gasteiger partial charge in [-0.25, -0.2) is 4.79 Å². The lowest BCUT2D eigenvalue weighted by Gasteiger charge is -2.29. The number of pyridine rings is 1. The number of aromatic nitrogens is 1. The lowest BCUT2D eigenvalue weighted by atomic mass is 10.1. The summed E-state index contributed by atoms with van der Waals surface area (Å²) in [5, 5.41) is 4.01. The number of aromatic amines is 1. The summed E-state index contributed by atoms with van der Waals surface area (Å²) in [6.07, 6.45) is 4.68. The number of hydrogen-bond acceptors (Lipinski definition) is 2. The molecule has 5 heteroatoms. The number of amides is 2. The van der Waals surface area contributed by atoms with E-state index < -0.39 is 0 Å². The number of carbonyl (C=O) groups is 1. The molecule has 2 aliphatic rings. The zero-order chi connectivity index (χ0) is 16.7. The lowest BCUT2D eigenvalue weighted by Crippen LogP contribution is -2.47. The normalized spacial score (nSPS) is 18.4. The van der Waals surface area contributed by atoms with E-state index in [1.54, 1.807) is 6.07 Å². The molecule has 2 fully saturated rings. The summed E-state index contributed by atoms with van der Waals surface area (Å²) < 4.78 is 0. The molecule has 24 heavy (non-hydrogen) atoms. The molecular formula is C19H23N3O2. The van der Waals surface area contributed by atoms with Crippen LogP contribution in [-0.2, 0) is 6.54 Å². The molecule has 1 aromatic carbocycles. The Bertz CT molecular complexity index is 821. The van der Waals surface area contributed by atoms with Gasteiger partial charge < -0.3 is 15.2 Å². The average Bonchev–Trinajstić information content (AvgIpc) is 3.45. The first-order chi connectivity index (χ1) is 11.6. The van der Waals surface area contributed by atoms with Crippen molar-refractivity contribution in [3.05, 3.63) is 46.2 Å².